The van der Waals surface area contributed by atoms with Crippen molar-refractivity contribution >= 4 is 29.0 Å². The molecular formula is C23H25N5O4S. The van der Waals surface area contributed by atoms with E-state index in [4.69, 9.17) is 4.74 Å². The summed E-state index contributed by atoms with van der Waals surface area (Å²) >= 11 is 1.22. The molecule has 10 heteroatoms. The highest BCUT2D eigenvalue weighted by molar-refractivity contribution is 7.99. The lowest BCUT2D eigenvalue weighted by atomic mass is 10.1. The predicted octanol–water partition coefficient (Wildman–Crippen LogP) is 4.61. The molecule has 0 saturated carbocycles. The second-order valence-electron chi connectivity index (χ2n) is 7.45. The molecule has 172 valence electrons. The van der Waals surface area contributed by atoms with Crippen LogP contribution in [0.5, 0.6) is 5.75 Å². The van der Waals surface area contributed by atoms with Gasteiger partial charge in [0, 0.05) is 23.9 Å². The molecule has 9 nitrogen and oxygen atoms in total. The number of nitrogens with zero attached hydrogens (tertiary/aromatic N) is 4. The van der Waals surface area contributed by atoms with Gasteiger partial charge in [-0.3, -0.25) is 19.5 Å². The Hall–Kier alpha value is -3.66. The molecule has 3 aromatic rings. The minimum atomic E-state index is -0.473. The first kappa shape index (κ1) is 24.0. The number of aromatic nitrogens is 3. The Kier molecular flexibility index (Phi) is 7.83. The molecule has 1 amide bonds. The van der Waals surface area contributed by atoms with E-state index in [1.165, 1.54) is 17.8 Å². The van der Waals surface area contributed by atoms with Gasteiger partial charge >= 0.3 is 0 Å². The van der Waals surface area contributed by atoms with E-state index in [0.29, 0.717) is 28.8 Å². The molecular weight excluding hydrogens is 442 g/mol. The normalized spacial score (nSPS) is 10.6. The van der Waals surface area contributed by atoms with Crippen molar-refractivity contribution in [2.24, 2.45) is 0 Å². The number of amides is 1. The Balaban J connectivity index is 1.65. The molecule has 0 bridgehead atoms. The molecule has 3 rings (SSSR count). The zero-order chi connectivity index (χ0) is 24.0. The van der Waals surface area contributed by atoms with Gasteiger partial charge in [-0.2, -0.15) is 0 Å². The molecule has 0 radical (unpaired) electrons. The number of anilines is 1. The first-order chi connectivity index (χ1) is 15.8. The second-order valence-corrected chi connectivity index (χ2v) is 8.39. The van der Waals surface area contributed by atoms with Gasteiger partial charge in [0.1, 0.15) is 12.4 Å². The van der Waals surface area contributed by atoms with Gasteiger partial charge in [-0.1, -0.05) is 36.0 Å². The highest BCUT2D eigenvalue weighted by atomic mass is 32.2. The number of carbonyl (C=O) groups excluding carboxylic acids is 1. The first-order valence-electron chi connectivity index (χ1n) is 10.2. The quantitative estimate of drug-likeness (QED) is 0.201. The largest absolute Gasteiger partial charge is 0.485 e. The first-order valence-corrected chi connectivity index (χ1v) is 11.2. The Bertz CT molecular complexity index is 1190. The topological polar surface area (TPSA) is 112 Å². The zero-order valence-electron chi connectivity index (χ0n) is 18.7. The summed E-state index contributed by atoms with van der Waals surface area (Å²) in [6, 6.07) is 10.6. The minimum absolute atomic E-state index is 0.0420. The van der Waals surface area contributed by atoms with E-state index in [0.717, 1.165) is 16.9 Å². The Morgan fingerprint density at radius 3 is 2.70 bits per heavy atom. The van der Waals surface area contributed by atoms with Crippen molar-refractivity contribution in [3.05, 3.63) is 81.7 Å². The maximum absolute atomic E-state index is 12.4. The van der Waals surface area contributed by atoms with E-state index in [-0.39, 0.29) is 24.0 Å². The van der Waals surface area contributed by atoms with Gasteiger partial charge in [0.05, 0.1) is 10.7 Å². The standard InChI is InChI=1S/C23H25N5O4S/c1-5-10-27-21(13-32-20-11-15(2)6-7-17(20)4)25-26-23(27)33-14-22(29)24-18-9-8-16(3)19(12-18)28(30)31/h5-9,11-12H,1,10,13-14H2,2-4H3,(H,24,29). The molecule has 0 unspecified atom stereocenters. The van der Waals surface area contributed by atoms with Gasteiger partial charge in [-0.15, -0.1) is 16.8 Å². The van der Waals surface area contributed by atoms with Crippen LogP contribution < -0.4 is 10.1 Å². The number of thioether (sulfide) groups is 1. The fraction of sp³-hybridized carbons (Fsp3) is 0.261. The second kappa shape index (κ2) is 10.8. The fourth-order valence-corrected chi connectivity index (χ4v) is 3.83. The Labute approximate surface area is 196 Å². The molecule has 33 heavy (non-hydrogen) atoms. The average Bonchev–Trinajstić information content (AvgIpc) is 3.16. The lowest BCUT2D eigenvalue weighted by Crippen LogP contribution is -2.15. The third-order valence-electron chi connectivity index (χ3n) is 4.83. The van der Waals surface area contributed by atoms with Crippen LogP contribution in [0.1, 0.15) is 22.5 Å². The van der Waals surface area contributed by atoms with Crippen LogP contribution in [-0.4, -0.2) is 31.3 Å². The van der Waals surface area contributed by atoms with Crippen molar-refractivity contribution in [1.29, 1.82) is 0 Å². The lowest BCUT2D eigenvalue weighted by Gasteiger charge is -2.11. The van der Waals surface area contributed by atoms with Crippen molar-refractivity contribution < 1.29 is 14.5 Å². The molecule has 2 aromatic carbocycles. The number of aryl methyl sites for hydroxylation is 3. The van der Waals surface area contributed by atoms with Crippen molar-refractivity contribution in [2.45, 2.75) is 39.1 Å². The van der Waals surface area contributed by atoms with Crippen LogP contribution in [0.2, 0.25) is 0 Å². The summed E-state index contributed by atoms with van der Waals surface area (Å²) in [5.74, 6) is 1.16. The number of nitro groups is 1. The third kappa shape index (κ3) is 6.19. The number of allylic oxidation sites excluding steroid dienone is 1. The summed E-state index contributed by atoms with van der Waals surface area (Å²) in [5, 5.41) is 22.8. The predicted molar refractivity (Wildman–Crippen MR) is 128 cm³/mol. The van der Waals surface area contributed by atoms with Crippen LogP contribution in [0.25, 0.3) is 0 Å². The Morgan fingerprint density at radius 2 is 1.97 bits per heavy atom. The van der Waals surface area contributed by atoms with E-state index in [9.17, 15) is 14.9 Å². The zero-order valence-corrected chi connectivity index (χ0v) is 19.5. The van der Waals surface area contributed by atoms with Gasteiger partial charge in [0.15, 0.2) is 11.0 Å². The smallest absolute Gasteiger partial charge is 0.274 e. The number of carbonyl (C=O) groups is 1. The summed E-state index contributed by atoms with van der Waals surface area (Å²) in [7, 11) is 0. The summed E-state index contributed by atoms with van der Waals surface area (Å²) in [6.45, 7) is 10.1. The average molecular weight is 468 g/mol. The molecule has 1 N–H and O–H groups in total. The van der Waals surface area contributed by atoms with Crippen LogP contribution in [0.3, 0.4) is 0 Å². The summed E-state index contributed by atoms with van der Waals surface area (Å²) in [5.41, 5.74) is 2.98. The number of hydrogen-bond acceptors (Lipinski definition) is 7. The van der Waals surface area contributed by atoms with Gasteiger partial charge in [-0.25, -0.2) is 0 Å². The number of ether oxygens (including phenoxy) is 1. The van der Waals surface area contributed by atoms with Gasteiger partial charge < -0.3 is 10.1 Å². The van der Waals surface area contributed by atoms with Gasteiger partial charge in [-0.05, 0) is 44.0 Å². The molecule has 1 heterocycles. The lowest BCUT2D eigenvalue weighted by molar-refractivity contribution is -0.385. The van der Waals surface area contributed by atoms with Crippen LogP contribution in [-0.2, 0) is 17.9 Å². The molecule has 0 aliphatic rings. The molecule has 0 spiro atoms. The van der Waals surface area contributed by atoms with Gasteiger partial charge in [0.2, 0.25) is 5.91 Å². The Morgan fingerprint density at radius 1 is 1.21 bits per heavy atom. The van der Waals surface area contributed by atoms with E-state index in [2.05, 4.69) is 22.1 Å². The van der Waals surface area contributed by atoms with Gasteiger partial charge in [0.25, 0.3) is 5.69 Å². The fourth-order valence-electron chi connectivity index (χ4n) is 3.06. The molecule has 0 saturated heterocycles. The molecule has 0 aliphatic carbocycles. The van der Waals surface area contributed by atoms with E-state index in [1.807, 2.05) is 36.6 Å². The van der Waals surface area contributed by atoms with Crippen molar-refractivity contribution in [3.63, 3.8) is 0 Å². The number of benzene rings is 2. The molecule has 0 atom stereocenters. The van der Waals surface area contributed by atoms with Crippen LogP contribution >= 0.6 is 11.8 Å². The van der Waals surface area contributed by atoms with Crippen molar-refractivity contribution in [1.82, 2.24) is 14.8 Å². The van der Waals surface area contributed by atoms with Crippen LogP contribution in [0.4, 0.5) is 11.4 Å². The third-order valence-corrected chi connectivity index (χ3v) is 5.79. The summed E-state index contributed by atoms with van der Waals surface area (Å²) < 4.78 is 7.79. The number of nitrogens with one attached hydrogen (secondary N) is 1. The van der Waals surface area contributed by atoms with E-state index >= 15 is 0 Å². The SMILES string of the molecule is C=CCn1c(COc2cc(C)ccc2C)nnc1SCC(=O)Nc1ccc(C)c([N+](=O)[O-])c1. The number of hydrogen-bond donors (Lipinski definition) is 1. The van der Waals surface area contributed by atoms with Crippen LogP contribution in [0.15, 0.2) is 54.2 Å². The molecule has 1 aromatic heterocycles. The summed E-state index contributed by atoms with van der Waals surface area (Å²) in [4.78, 5) is 23.0. The van der Waals surface area contributed by atoms with Crippen molar-refractivity contribution in [3.8, 4) is 5.75 Å². The minimum Gasteiger partial charge on any atom is -0.485 e. The monoisotopic (exact) mass is 467 g/mol. The van der Waals surface area contributed by atoms with E-state index < -0.39 is 4.92 Å². The highest BCUT2D eigenvalue weighted by Gasteiger charge is 2.16. The maximum atomic E-state index is 12.4. The van der Waals surface area contributed by atoms with E-state index in [1.54, 1.807) is 25.1 Å². The number of rotatable bonds is 10. The maximum Gasteiger partial charge on any atom is 0.274 e. The highest BCUT2D eigenvalue weighted by Crippen LogP contribution is 2.24. The molecule has 0 fully saturated rings. The number of nitro benzene ring substituents is 1. The molecule has 0 aliphatic heterocycles. The van der Waals surface area contributed by atoms with Crippen molar-refractivity contribution in [2.75, 3.05) is 11.1 Å². The van der Waals surface area contributed by atoms with Crippen LogP contribution in [0, 0.1) is 30.9 Å². The summed E-state index contributed by atoms with van der Waals surface area (Å²) in [6.07, 6.45) is 1.72.